The normalized spacial score (nSPS) is 22.1. The van der Waals surface area contributed by atoms with Crippen LogP contribution in [-0.2, 0) is 6.54 Å². The Bertz CT molecular complexity index is 333. The Morgan fingerprint density at radius 1 is 1.23 bits per heavy atom. The molecule has 0 amide bonds. The molecule has 1 aliphatic heterocycles. The zero-order chi connectivity index (χ0) is 8.84. The standard InChI is InChI=1S/C10H13N3/c11-12-7-8-3-1-2-4-10(8)13(12)9-5-6-9/h1-4,9H,5-7,11H2. The Morgan fingerprint density at radius 2 is 2.00 bits per heavy atom. The van der Waals surface area contributed by atoms with Crippen LogP contribution in [0.25, 0.3) is 0 Å². The Labute approximate surface area is 77.7 Å². The van der Waals surface area contributed by atoms with Gasteiger partial charge in [-0.2, -0.15) is 5.12 Å². The number of nitrogens with two attached hydrogens (primary N) is 1. The van der Waals surface area contributed by atoms with Crippen LogP contribution < -0.4 is 10.9 Å². The summed E-state index contributed by atoms with van der Waals surface area (Å²) in [4.78, 5) is 0. The fraction of sp³-hybridized carbons (Fsp3) is 0.400. The number of hydrazine groups is 2. The number of para-hydroxylation sites is 1. The molecule has 1 heterocycles. The van der Waals surface area contributed by atoms with Crippen LogP contribution in [0, 0.1) is 0 Å². The van der Waals surface area contributed by atoms with E-state index in [2.05, 4.69) is 29.3 Å². The lowest BCUT2D eigenvalue weighted by atomic mass is 10.2. The largest absolute Gasteiger partial charge is 0.289 e. The van der Waals surface area contributed by atoms with E-state index < -0.39 is 0 Å². The van der Waals surface area contributed by atoms with Gasteiger partial charge < -0.3 is 0 Å². The first-order valence-electron chi connectivity index (χ1n) is 4.75. The second-order valence-electron chi connectivity index (χ2n) is 3.80. The maximum Gasteiger partial charge on any atom is 0.0609 e. The van der Waals surface area contributed by atoms with Crippen molar-refractivity contribution in [3.05, 3.63) is 29.8 Å². The SMILES string of the molecule is NN1Cc2ccccc2N1C1CC1. The molecule has 2 aliphatic rings. The van der Waals surface area contributed by atoms with Gasteiger partial charge in [-0.3, -0.25) is 10.9 Å². The summed E-state index contributed by atoms with van der Waals surface area (Å²) in [5.41, 5.74) is 2.64. The third-order valence-electron chi connectivity index (χ3n) is 2.74. The minimum Gasteiger partial charge on any atom is -0.289 e. The van der Waals surface area contributed by atoms with Crippen LogP contribution >= 0.6 is 0 Å². The second-order valence-corrected chi connectivity index (χ2v) is 3.80. The molecule has 1 fully saturated rings. The van der Waals surface area contributed by atoms with Crippen molar-refractivity contribution in [2.45, 2.75) is 25.4 Å². The van der Waals surface area contributed by atoms with Crippen molar-refractivity contribution in [1.82, 2.24) is 5.12 Å². The van der Waals surface area contributed by atoms with Gasteiger partial charge in [0.05, 0.1) is 12.2 Å². The maximum absolute atomic E-state index is 5.93. The predicted octanol–water partition coefficient (Wildman–Crippen LogP) is 1.26. The molecule has 1 aromatic carbocycles. The average Bonchev–Trinajstić information content (AvgIpc) is 2.88. The van der Waals surface area contributed by atoms with Crippen LogP contribution in [0.5, 0.6) is 0 Å². The van der Waals surface area contributed by atoms with E-state index >= 15 is 0 Å². The summed E-state index contributed by atoms with van der Waals surface area (Å²) in [6.45, 7) is 0.854. The first-order chi connectivity index (χ1) is 6.36. The summed E-state index contributed by atoms with van der Waals surface area (Å²) in [7, 11) is 0. The van der Waals surface area contributed by atoms with Gasteiger partial charge >= 0.3 is 0 Å². The molecule has 1 aromatic rings. The molecule has 3 rings (SSSR count). The van der Waals surface area contributed by atoms with Crippen molar-refractivity contribution in [3.63, 3.8) is 0 Å². The molecule has 0 aromatic heterocycles. The smallest absolute Gasteiger partial charge is 0.0609 e. The Morgan fingerprint density at radius 3 is 2.77 bits per heavy atom. The highest BCUT2D eigenvalue weighted by Gasteiger charge is 2.36. The summed E-state index contributed by atoms with van der Waals surface area (Å²) in [6.07, 6.45) is 2.56. The lowest BCUT2D eigenvalue weighted by Crippen LogP contribution is -2.44. The molecule has 1 aliphatic carbocycles. The van der Waals surface area contributed by atoms with Gasteiger partial charge in [-0.05, 0) is 24.5 Å². The quantitative estimate of drug-likeness (QED) is 0.652. The van der Waals surface area contributed by atoms with Crippen molar-refractivity contribution in [1.29, 1.82) is 0 Å². The van der Waals surface area contributed by atoms with Gasteiger partial charge in [0.1, 0.15) is 0 Å². The molecule has 0 unspecified atom stereocenters. The van der Waals surface area contributed by atoms with E-state index in [1.54, 1.807) is 0 Å². The molecule has 2 N–H and O–H groups in total. The number of hydrogen-bond acceptors (Lipinski definition) is 3. The van der Waals surface area contributed by atoms with Crippen LogP contribution in [0.3, 0.4) is 0 Å². The van der Waals surface area contributed by atoms with E-state index in [-0.39, 0.29) is 0 Å². The molecular weight excluding hydrogens is 162 g/mol. The van der Waals surface area contributed by atoms with E-state index in [0.29, 0.717) is 6.04 Å². The molecule has 0 spiro atoms. The van der Waals surface area contributed by atoms with Gasteiger partial charge in [0, 0.05) is 6.04 Å². The van der Waals surface area contributed by atoms with Crippen LogP contribution in [0.1, 0.15) is 18.4 Å². The summed E-state index contributed by atoms with van der Waals surface area (Å²) in [6, 6.07) is 9.11. The molecule has 0 atom stereocenters. The first kappa shape index (κ1) is 7.35. The fourth-order valence-electron chi connectivity index (χ4n) is 1.98. The van der Waals surface area contributed by atoms with E-state index in [4.69, 9.17) is 5.84 Å². The van der Waals surface area contributed by atoms with Crippen LogP contribution in [0.2, 0.25) is 0 Å². The third kappa shape index (κ3) is 1.04. The zero-order valence-electron chi connectivity index (χ0n) is 7.48. The van der Waals surface area contributed by atoms with Crippen LogP contribution in [0.15, 0.2) is 24.3 Å². The van der Waals surface area contributed by atoms with Gasteiger partial charge in [-0.25, -0.2) is 0 Å². The Kier molecular flexibility index (Phi) is 1.39. The molecule has 1 saturated carbocycles. The molecular formula is C10H13N3. The number of hydrogen-bond donors (Lipinski definition) is 1. The van der Waals surface area contributed by atoms with E-state index in [0.717, 1.165) is 6.54 Å². The summed E-state index contributed by atoms with van der Waals surface area (Å²) in [5, 5.41) is 4.07. The Hall–Kier alpha value is -1.06. The fourth-order valence-corrected chi connectivity index (χ4v) is 1.98. The highest BCUT2D eigenvalue weighted by Crippen LogP contribution is 2.38. The van der Waals surface area contributed by atoms with E-state index in [1.165, 1.54) is 24.1 Å². The number of fused-ring (bicyclic) bond motifs is 1. The van der Waals surface area contributed by atoms with Crippen molar-refractivity contribution < 1.29 is 0 Å². The number of anilines is 1. The van der Waals surface area contributed by atoms with Gasteiger partial charge in [-0.1, -0.05) is 18.2 Å². The topological polar surface area (TPSA) is 32.5 Å². The minimum atomic E-state index is 0.661. The van der Waals surface area contributed by atoms with Crippen LogP contribution in [0.4, 0.5) is 5.69 Å². The average molecular weight is 175 g/mol. The Balaban J connectivity index is 2.03. The van der Waals surface area contributed by atoms with Crippen molar-refractivity contribution in [2.75, 3.05) is 5.01 Å². The van der Waals surface area contributed by atoms with E-state index in [9.17, 15) is 0 Å². The third-order valence-corrected chi connectivity index (χ3v) is 2.74. The molecule has 0 saturated heterocycles. The highest BCUT2D eigenvalue weighted by atomic mass is 15.8. The first-order valence-corrected chi connectivity index (χ1v) is 4.75. The highest BCUT2D eigenvalue weighted by molar-refractivity contribution is 5.57. The van der Waals surface area contributed by atoms with E-state index in [1.807, 2.05) is 5.12 Å². The molecule has 13 heavy (non-hydrogen) atoms. The molecule has 3 heteroatoms. The molecule has 0 bridgehead atoms. The zero-order valence-corrected chi connectivity index (χ0v) is 7.48. The van der Waals surface area contributed by atoms with Gasteiger partial charge in [0.2, 0.25) is 0 Å². The summed E-state index contributed by atoms with van der Waals surface area (Å²) < 4.78 is 0. The summed E-state index contributed by atoms with van der Waals surface area (Å²) >= 11 is 0. The number of rotatable bonds is 1. The monoisotopic (exact) mass is 175 g/mol. The predicted molar refractivity (Wildman–Crippen MR) is 51.7 cm³/mol. The van der Waals surface area contributed by atoms with Crippen molar-refractivity contribution >= 4 is 5.69 Å². The number of nitrogens with zero attached hydrogens (tertiary/aromatic N) is 2. The van der Waals surface area contributed by atoms with Gasteiger partial charge in [-0.15, -0.1) is 0 Å². The summed E-state index contributed by atoms with van der Waals surface area (Å²) in [5.74, 6) is 5.93. The van der Waals surface area contributed by atoms with Crippen molar-refractivity contribution in [2.24, 2.45) is 5.84 Å². The van der Waals surface area contributed by atoms with Crippen molar-refractivity contribution in [3.8, 4) is 0 Å². The van der Waals surface area contributed by atoms with Gasteiger partial charge in [0.25, 0.3) is 0 Å². The van der Waals surface area contributed by atoms with Crippen LogP contribution in [-0.4, -0.2) is 11.2 Å². The number of benzene rings is 1. The minimum absolute atomic E-state index is 0.661. The molecule has 0 radical (unpaired) electrons. The maximum atomic E-state index is 5.93. The lowest BCUT2D eigenvalue weighted by Gasteiger charge is -2.25. The lowest BCUT2D eigenvalue weighted by molar-refractivity contribution is 0.268. The molecule has 3 nitrogen and oxygen atoms in total. The van der Waals surface area contributed by atoms with Gasteiger partial charge in [0.15, 0.2) is 0 Å². The molecule has 68 valence electrons. The second kappa shape index (κ2) is 2.47.